The van der Waals surface area contributed by atoms with Gasteiger partial charge in [-0.15, -0.1) is 0 Å². The number of aromatic nitrogens is 1. The van der Waals surface area contributed by atoms with E-state index in [1.807, 2.05) is 0 Å². The van der Waals surface area contributed by atoms with Crippen LogP contribution in [0.2, 0.25) is 0 Å². The van der Waals surface area contributed by atoms with Crippen LogP contribution in [-0.4, -0.2) is 21.2 Å². The molecule has 3 aromatic rings. The van der Waals surface area contributed by atoms with Gasteiger partial charge in [0.2, 0.25) is 5.88 Å². The van der Waals surface area contributed by atoms with Crippen LogP contribution in [0.15, 0.2) is 48.5 Å². The summed E-state index contributed by atoms with van der Waals surface area (Å²) in [5, 5.41) is 20.0. The number of hydrogen-bond donors (Lipinski definition) is 2. The van der Waals surface area contributed by atoms with E-state index < -0.39 is 17.7 Å². The molecule has 21 heavy (non-hydrogen) atoms. The smallest absolute Gasteiger partial charge is 0.337 e. The molecule has 0 aliphatic heterocycles. The zero-order valence-electron chi connectivity index (χ0n) is 10.7. The number of hydrogen-bond acceptors (Lipinski definition) is 3. The Labute approximate surface area is 119 Å². The van der Waals surface area contributed by atoms with E-state index in [4.69, 9.17) is 0 Å². The van der Waals surface area contributed by atoms with Crippen molar-refractivity contribution in [3.63, 3.8) is 0 Å². The largest absolute Gasteiger partial charge is 0.493 e. The first-order valence-corrected chi connectivity index (χ1v) is 6.19. The molecule has 0 saturated carbocycles. The quantitative estimate of drug-likeness (QED) is 0.755. The Balaban J connectivity index is 2.41. The molecule has 0 aliphatic carbocycles. The van der Waals surface area contributed by atoms with Crippen molar-refractivity contribution < 1.29 is 19.4 Å². The van der Waals surface area contributed by atoms with Gasteiger partial charge in [-0.3, -0.25) is 0 Å². The van der Waals surface area contributed by atoms with Gasteiger partial charge in [0.25, 0.3) is 0 Å². The predicted molar refractivity (Wildman–Crippen MR) is 75.8 cm³/mol. The van der Waals surface area contributed by atoms with Crippen LogP contribution in [0.25, 0.3) is 22.0 Å². The number of aromatic carboxylic acids is 1. The summed E-state index contributed by atoms with van der Waals surface area (Å²) in [7, 11) is 0. The summed E-state index contributed by atoms with van der Waals surface area (Å²) in [5.41, 5.74) is 0.814. The number of carboxylic acid groups (broad SMARTS) is 1. The molecule has 0 saturated heterocycles. The zero-order chi connectivity index (χ0) is 15.0. The summed E-state index contributed by atoms with van der Waals surface area (Å²) in [6.07, 6.45) is 0. The van der Waals surface area contributed by atoms with Gasteiger partial charge in [0.1, 0.15) is 5.82 Å². The Hall–Kier alpha value is -2.95. The maximum atomic E-state index is 13.0. The van der Waals surface area contributed by atoms with Gasteiger partial charge in [0.05, 0.1) is 16.6 Å². The average Bonchev–Trinajstić information content (AvgIpc) is 2.46. The van der Waals surface area contributed by atoms with E-state index in [9.17, 15) is 19.4 Å². The number of aromatic hydroxyl groups is 1. The number of carboxylic acids is 1. The first-order valence-electron chi connectivity index (χ1n) is 6.19. The molecule has 0 atom stereocenters. The number of fused-ring (bicyclic) bond motifs is 1. The Morgan fingerprint density at radius 1 is 1.05 bits per heavy atom. The number of carbonyl (C=O) groups is 1. The summed E-state index contributed by atoms with van der Waals surface area (Å²) in [5.74, 6) is -2.01. The maximum Gasteiger partial charge on any atom is 0.337 e. The lowest BCUT2D eigenvalue weighted by atomic mass is 9.97. The van der Waals surface area contributed by atoms with Gasteiger partial charge in [-0.05, 0) is 23.8 Å². The number of benzene rings is 2. The molecule has 0 aliphatic rings. The van der Waals surface area contributed by atoms with E-state index in [-0.39, 0.29) is 11.1 Å². The van der Waals surface area contributed by atoms with Crippen molar-refractivity contribution in [1.82, 2.24) is 4.98 Å². The fourth-order valence-electron chi connectivity index (χ4n) is 2.31. The Morgan fingerprint density at radius 2 is 1.71 bits per heavy atom. The van der Waals surface area contributed by atoms with Crippen LogP contribution in [0.3, 0.4) is 0 Å². The molecule has 0 unspecified atom stereocenters. The summed E-state index contributed by atoms with van der Waals surface area (Å²) < 4.78 is 13.0. The van der Waals surface area contributed by atoms with Crippen LogP contribution >= 0.6 is 0 Å². The summed E-state index contributed by atoms with van der Waals surface area (Å²) in [6.45, 7) is 0. The van der Waals surface area contributed by atoms with Crippen LogP contribution in [0.4, 0.5) is 4.39 Å². The fourth-order valence-corrected chi connectivity index (χ4v) is 2.31. The molecule has 0 spiro atoms. The number of para-hydroxylation sites is 1. The molecular weight excluding hydrogens is 273 g/mol. The lowest BCUT2D eigenvalue weighted by Crippen LogP contribution is -2.03. The lowest BCUT2D eigenvalue weighted by molar-refractivity contribution is 0.0699. The van der Waals surface area contributed by atoms with Crippen LogP contribution in [0.1, 0.15) is 10.4 Å². The van der Waals surface area contributed by atoms with E-state index in [1.165, 1.54) is 24.3 Å². The molecule has 1 aromatic heterocycles. The van der Waals surface area contributed by atoms with Crippen molar-refractivity contribution in [2.24, 2.45) is 0 Å². The monoisotopic (exact) mass is 283 g/mol. The first kappa shape index (κ1) is 13.1. The molecule has 0 amide bonds. The second kappa shape index (κ2) is 4.86. The van der Waals surface area contributed by atoms with Crippen molar-refractivity contribution in [2.45, 2.75) is 0 Å². The number of halogens is 1. The molecule has 0 radical (unpaired) electrons. The number of nitrogens with zero attached hydrogens (tertiary/aromatic N) is 1. The molecule has 4 nitrogen and oxygen atoms in total. The highest BCUT2D eigenvalue weighted by molar-refractivity contribution is 6.09. The molecule has 1 heterocycles. The molecule has 0 fully saturated rings. The highest BCUT2D eigenvalue weighted by Crippen LogP contribution is 2.35. The van der Waals surface area contributed by atoms with Gasteiger partial charge in [0.15, 0.2) is 0 Å². The molecule has 5 heteroatoms. The summed E-state index contributed by atoms with van der Waals surface area (Å²) >= 11 is 0. The molecule has 0 bridgehead atoms. The number of pyridine rings is 1. The minimum Gasteiger partial charge on any atom is -0.493 e. The van der Waals surface area contributed by atoms with Crippen molar-refractivity contribution >= 4 is 16.9 Å². The van der Waals surface area contributed by atoms with E-state index >= 15 is 0 Å². The topological polar surface area (TPSA) is 70.4 Å². The summed E-state index contributed by atoms with van der Waals surface area (Å²) in [4.78, 5) is 15.6. The molecule has 3 rings (SSSR count). The highest BCUT2D eigenvalue weighted by Gasteiger charge is 2.21. The summed E-state index contributed by atoms with van der Waals surface area (Å²) in [6, 6.07) is 11.9. The third-order valence-corrected chi connectivity index (χ3v) is 3.22. The lowest BCUT2D eigenvalue weighted by Gasteiger charge is -2.11. The van der Waals surface area contributed by atoms with Crippen molar-refractivity contribution in [3.8, 4) is 17.0 Å². The van der Waals surface area contributed by atoms with E-state index in [1.54, 1.807) is 24.3 Å². The van der Waals surface area contributed by atoms with Crippen LogP contribution in [0, 0.1) is 5.82 Å². The highest BCUT2D eigenvalue weighted by atomic mass is 19.1. The Bertz CT molecular complexity index is 844. The van der Waals surface area contributed by atoms with Crippen LogP contribution < -0.4 is 0 Å². The third-order valence-electron chi connectivity index (χ3n) is 3.22. The van der Waals surface area contributed by atoms with E-state index in [0.29, 0.717) is 16.5 Å². The fraction of sp³-hybridized carbons (Fsp3) is 0. The molecule has 104 valence electrons. The Morgan fingerprint density at radius 3 is 2.38 bits per heavy atom. The zero-order valence-corrected chi connectivity index (χ0v) is 10.7. The van der Waals surface area contributed by atoms with Gasteiger partial charge >= 0.3 is 5.97 Å². The van der Waals surface area contributed by atoms with E-state index in [0.717, 1.165) is 0 Å². The van der Waals surface area contributed by atoms with Crippen molar-refractivity contribution in [1.29, 1.82) is 0 Å². The van der Waals surface area contributed by atoms with Crippen molar-refractivity contribution in [3.05, 3.63) is 59.9 Å². The molecule has 2 aromatic carbocycles. The average molecular weight is 283 g/mol. The van der Waals surface area contributed by atoms with Gasteiger partial charge in [-0.1, -0.05) is 30.3 Å². The minimum absolute atomic E-state index is 0.0512. The normalized spacial score (nSPS) is 10.7. The minimum atomic E-state index is -1.18. The SMILES string of the molecule is O=C(O)c1c(-c2ccc(F)cc2)c(O)nc2ccccc12. The third kappa shape index (κ3) is 2.18. The maximum absolute atomic E-state index is 13.0. The van der Waals surface area contributed by atoms with Crippen LogP contribution in [-0.2, 0) is 0 Å². The van der Waals surface area contributed by atoms with Crippen LogP contribution in [0.5, 0.6) is 5.88 Å². The number of rotatable bonds is 2. The van der Waals surface area contributed by atoms with Crippen molar-refractivity contribution in [2.75, 3.05) is 0 Å². The van der Waals surface area contributed by atoms with Gasteiger partial charge in [0, 0.05) is 5.39 Å². The standard InChI is InChI=1S/C16H10FNO3/c17-10-7-5-9(6-8-10)13-14(16(20)21)11-3-1-2-4-12(11)18-15(13)19/h1-8H,(H,18,19)(H,20,21). The van der Waals surface area contributed by atoms with Gasteiger partial charge < -0.3 is 10.2 Å². The molecule has 2 N–H and O–H groups in total. The first-order chi connectivity index (χ1) is 10.1. The predicted octanol–water partition coefficient (Wildman–Crippen LogP) is 3.44. The Kier molecular flexibility index (Phi) is 3.02. The van der Waals surface area contributed by atoms with E-state index in [2.05, 4.69) is 4.98 Å². The van der Waals surface area contributed by atoms with Gasteiger partial charge in [-0.25, -0.2) is 14.2 Å². The second-order valence-electron chi connectivity index (χ2n) is 4.51. The second-order valence-corrected chi connectivity index (χ2v) is 4.51. The van der Waals surface area contributed by atoms with Gasteiger partial charge in [-0.2, -0.15) is 0 Å². The molecular formula is C16H10FNO3.